The van der Waals surface area contributed by atoms with Gasteiger partial charge in [0.15, 0.2) is 0 Å². The molecule has 0 heterocycles. The predicted molar refractivity (Wildman–Crippen MR) is 79.7 cm³/mol. The molecular formula is C17H33N. The summed E-state index contributed by atoms with van der Waals surface area (Å²) in [5.41, 5.74) is 0. The topological polar surface area (TPSA) is 12.0 Å². The molecule has 0 spiro atoms. The van der Waals surface area contributed by atoms with Crippen LogP contribution in [0.5, 0.6) is 0 Å². The molecule has 0 aromatic rings. The average molecular weight is 251 g/mol. The summed E-state index contributed by atoms with van der Waals surface area (Å²) in [5.74, 6) is 3.74. The highest BCUT2D eigenvalue weighted by molar-refractivity contribution is 4.85. The fourth-order valence-electron chi connectivity index (χ4n) is 4.21. The van der Waals surface area contributed by atoms with Gasteiger partial charge in [0, 0.05) is 6.04 Å². The summed E-state index contributed by atoms with van der Waals surface area (Å²) in [5, 5.41) is 3.91. The van der Waals surface area contributed by atoms with Crippen molar-refractivity contribution in [2.24, 2.45) is 23.7 Å². The first-order valence-corrected chi connectivity index (χ1v) is 8.40. The lowest BCUT2D eigenvalue weighted by Gasteiger charge is -2.38. The molecule has 0 aromatic carbocycles. The van der Waals surface area contributed by atoms with Gasteiger partial charge in [-0.1, -0.05) is 52.9 Å². The lowest BCUT2D eigenvalue weighted by molar-refractivity contribution is 0.168. The predicted octanol–water partition coefficient (Wildman–Crippen LogP) is 4.62. The van der Waals surface area contributed by atoms with Crippen molar-refractivity contribution < 1.29 is 0 Å². The van der Waals surface area contributed by atoms with Crippen molar-refractivity contribution in [3.8, 4) is 0 Å². The van der Waals surface area contributed by atoms with Gasteiger partial charge in [-0.2, -0.15) is 0 Å². The third-order valence-corrected chi connectivity index (χ3v) is 5.46. The maximum Gasteiger partial charge on any atom is 0.0100 e. The molecule has 0 aromatic heterocycles. The van der Waals surface area contributed by atoms with Crippen LogP contribution >= 0.6 is 0 Å². The fraction of sp³-hybridized carbons (Fsp3) is 1.00. The van der Waals surface area contributed by atoms with Crippen molar-refractivity contribution in [3.63, 3.8) is 0 Å². The highest BCUT2D eigenvalue weighted by Crippen LogP contribution is 2.33. The van der Waals surface area contributed by atoms with E-state index in [0.717, 1.165) is 29.7 Å². The number of nitrogens with one attached hydrogen (secondary N) is 1. The van der Waals surface area contributed by atoms with Crippen LogP contribution in [0.4, 0.5) is 0 Å². The molecule has 0 aliphatic heterocycles. The Labute approximate surface area is 114 Å². The van der Waals surface area contributed by atoms with E-state index in [1.54, 1.807) is 0 Å². The summed E-state index contributed by atoms with van der Waals surface area (Å²) in [7, 11) is 0. The summed E-state index contributed by atoms with van der Waals surface area (Å²) < 4.78 is 0. The summed E-state index contributed by atoms with van der Waals surface area (Å²) in [4.78, 5) is 0. The third kappa shape index (κ3) is 3.98. The molecule has 2 rings (SSSR count). The Morgan fingerprint density at radius 2 is 1.78 bits per heavy atom. The van der Waals surface area contributed by atoms with Gasteiger partial charge in [0.05, 0.1) is 0 Å². The quantitative estimate of drug-likeness (QED) is 0.752. The van der Waals surface area contributed by atoms with Crippen molar-refractivity contribution in [1.82, 2.24) is 5.32 Å². The number of hydrogen-bond acceptors (Lipinski definition) is 1. The number of hydrogen-bond donors (Lipinski definition) is 1. The molecule has 0 saturated heterocycles. The molecular weight excluding hydrogens is 218 g/mol. The van der Waals surface area contributed by atoms with Crippen LogP contribution in [0.3, 0.4) is 0 Å². The zero-order valence-electron chi connectivity index (χ0n) is 12.8. The first kappa shape index (κ1) is 14.4. The minimum absolute atomic E-state index is 0.801. The van der Waals surface area contributed by atoms with E-state index in [1.165, 1.54) is 57.9 Å². The van der Waals surface area contributed by atoms with Crippen LogP contribution in [0.2, 0.25) is 0 Å². The Hall–Kier alpha value is -0.0400. The van der Waals surface area contributed by atoms with E-state index < -0.39 is 0 Å². The summed E-state index contributed by atoms with van der Waals surface area (Å²) in [6, 6.07) is 0.801. The second-order valence-corrected chi connectivity index (χ2v) is 7.33. The molecule has 2 aliphatic rings. The smallest absolute Gasteiger partial charge is 0.0100 e. The molecule has 0 radical (unpaired) electrons. The molecule has 1 nitrogen and oxygen atoms in total. The minimum Gasteiger partial charge on any atom is -0.314 e. The molecule has 2 fully saturated rings. The van der Waals surface area contributed by atoms with Crippen molar-refractivity contribution in [3.05, 3.63) is 0 Å². The van der Waals surface area contributed by atoms with Gasteiger partial charge in [-0.05, 0) is 49.5 Å². The highest BCUT2D eigenvalue weighted by Gasteiger charge is 2.30. The zero-order chi connectivity index (χ0) is 13.0. The Kier molecular flexibility index (Phi) is 5.54. The van der Waals surface area contributed by atoms with Crippen molar-refractivity contribution in [2.45, 2.75) is 78.2 Å². The van der Waals surface area contributed by atoms with Gasteiger partial charge in [-0.15, -0.1) is 0 Å². The average Bonchev–Trinajstić information content (AvgIpc) is 2.82. The van der Waals surface area contributed by atoms with Crippen molar-refractivity contribution in [1.29, 1.82) is 0 Å². The second-order valence-electron chi connectivity index (χ2n) is 7.33. The van der Waals surface area contributed by atoms with Crippen molar-refractivity contribution in [2.75, 3.05) is 6.54 Å². The minimum atomic E-state index is 0.801. The maximum atomic E-state index is 3.91. The largest absolute Gasteiger partial charge is 0.314 e. The first-order valence-electron chi connectivity index (χ1n) is 8.40. The van der Waals surface area contributed by atoms with E-state index in [1.807, 2.05) is 0 Å². The Balaban J connectivity index is 1.73. The van der Waals surface area contributed by atoms with Crippen LogP contribution in [0.25, 0.3) is 0 Å². The molecule has 18 heavy (non-hydrogen) atoms. The van der Waals surface area contributed by atoms with E-state index >= 15 is 0 Å². The van der Waals surface area contributed by atoms with Gasteiger partial charge in [0.1, 0.15) is 0 Å². The van der Waals surface area contributed by atoms with Gasteiger partial charge in [0.25, 0.3) is 0 Å². The molecule has 2 saturated carbocycles. The molecule has 2 aliphatic carbocycles. The highest BCUT2D eigenvalue weighted by atomic mass is 14.9. The van der Waals surface area contributed by atoms with Gasteiger partial charge >= 0.3 is 0 Å². The molecule has 3 unspecified atom stereocenters. The van der Waals surface area contributed by atoms with Crippen LogP contribution < -0.4 is 5.32 Å². The van der Waals surface area contributed by atoms with Crippen LogP contribution in [0.15, 0.2) is 0 Å². The summed E-state index contributed by atoms with van der Waals surface area (Å²) >= 11 is 0. The van der Waals surface area contributed by atoms with E-state index in [2.05, 4.69) is 26.1 Å². The second kappa shape index (κ2) is 6.93. The fourth-order valence-corrected chi connectivity index (χ4v) is 4.21. The monoisotopic (exact) mass is 251 g/mol. The number of rotatable bonds is 5. The lowest BCUT2D eigenvalue weighted by Crippen LogP contribution is -2.43. The van der Waals surface area contributed by atoms with E-state index in [9.17, 15) is 0 Å². The third-order valence-electron chi connectivity index (χ3n) is 5.46. The maximum absolute atomic E-state index is 3.91. The zero-order valence-corrected chi connectivity index (χ0v) is 12.8. The van der Waals surface area contributed by atoms with E-state index in [0.29, 0.717) is 0 Å². The Bertz CT molecular complexity index is 230. The summed E-state index contributed by atoms with van der Waals surface area (Å²) in [6.45, 7) is 8.52. The lowest BCUT2D eigenvalue weighted by atomic mass is 9.74. The van der Waals surface area contributed by atoms with Crippen LogP contribution in [-0.2, 0) is 0 Å². The Morgan fingerprint density at radius 1 is 1.06 bits per heavy atom. The molecule has 0 amide bonds. The van der Waals surface area contributed by atoms with Gasteiger partial charge in [0.2, 0.25) is 0 Å². The Morgan fingerprint density at radius 3 is 2.44 bits per heavy atom. The molecule has 106 valence electrons. The first-order chi connectivity index (χ1) is 8.66. The normalized spacial score (nSPS) is 34.3. The molecule has 0 bridgehead atoms. The van der Waals surface area contributed by atoms with E-state index in [-0.39, 0.29) is 0 Å². The van der Waals surface area contributed by atoms with Gasteiger partial charge < -0.3 is 5.32 Å². The molecule has 1 N–H and O–H groups in total. The van der Waals surface area contributed by atoms with E-state index in [4.69, 9.17) is 0 Å². The standard InChI is InChI=1S/C17H33N/c1-13(2)16-9-8-14(3)12-17(16)18-11-10-15-6-4-5-7-15/h13-18H,4-12H2,1-3H3. The SMILES string of the molecule is CC1CCC(C(C)C)C(NCCC2CCCC2)C1. The van der Waals surface area contributed by atoms with Gasteiger partial charge in [-0.25, -0.2) is 0 Å². The molecule has 3 atom stereocenters. The summed E-state index contributed by atoms with van der Waals surface area (Å²) in [6.07, 6.45) is 11.7. The molecule has 1 heteroatoms. The van der Waals surface area contributed by atoms with Crippen LogP contribution in [0.1, 0.15) is 72.1 Å². The van der Waals surface area contributed by atoms with Crippen LogP contribution in [0, 0.1) is 23.7 Å². The van der Waals surface area contributed by atoms with Crippen LogP contribution in [-0.4, -0.2) is 12.6 Å². The van der Waals surface area contributed by atoms with Crippen molar-refractivity contribution >= 4 is 0 Å². The van der Waals surface area contributed by atoms with Gasteiger partial charge in [-0.3, -0.25) is 0 Å².